The van der Waals surface area contributed by atoms with Gasteiger partial charge in [-0.3, -0.25) is 14.6 Å². The van der Waals surface area contributed by atoms with Gasteiger partial charge in [-0.2, -0.15) is 10.2 Å². The van der Waals surface area contributed by atoms with Crippen molar-refractivity contribution in [2.75, 3.05) is 5.32 Å². The monoisotopic (exact) mass is 289 g/mol. The van der Waals surface area contributed by atoms with Crippen LogP contribution in [0.4, 0.5) is 5.82 Å². The second kappa shape index (κ2) is 4.75. The summed E-state index contributed by atoms with van der Waals surface area (Å²) in [4.78, 5) is 13.9. The molecule has 0 saturated heterocycles. The standard InChI is InChI=1S/C13H15N5OS/c1-4-8-5-11(16-15-8)14-12(19)10-6-9-7(2)17-18(3)13(9)20-10/h5-6H,4H2,1-3H3,(H2,14,15,16,19). The molecule has 0 aromatic carbocycles. The SMILES string of the molecule is CCc1cc(NC(=O)c2cc3c(C)nn(C)c3s2)n[nH]1. The van der Waals surface area contributed by atoms with Crippen LogP contribution in [0.3, 0.4) is 0 Å². The molecule has 0 unspecified atom stereocenters. The van der Waals surface area contributed by atoms with E-state index in [1.54, 1.807) is 4.68 Å². The molecule has 0 fully saturated rings. The number of nitrogens with zero attached hydrogens (tertiary/aromatic N) is 3. The Hall–Kier alpha value is -2.15. The molecule has 7 heteroatoms. The molecular weight excluding hydrogens is 274 g/mol. The Bertz CT molecular complexity index is 747. The number of rotatable bonds is 3. The summed E-state index contributed by atoms with van der Waals surface area (Å²) in [5.74, 6) is 0.416. The van der Waals surface area contributed by atoms with Gasteiger partial charge in [0.25, 0.3) is 5.91 Å². The zero-order valence-corrected chi connectivity index (χ0v) is 12.3. The first-order valence-electron chi connectivity index (χ1n) is 6.37. The van der Waals surface area contributed by atoms with E-state index in [0.717, 1.165) is 28.0 Å². The lowest BCUT2D eigenvalue weighted by Gasteiger charge is -1.97. The number of aromatic amines is 1. The number of carbonyl (C=O) groups excluding carboxylic acids is 1. The van der Waals surface area contributed by atoms with Crippen molar-refractivity contribution in [2.24, 2.45) is 7.05 Å². The van der Waals surface area contributed by atoms with Crippen molar-refractivity contribution in [3.8, 4) is 0 Å². The molecule has 20 heavy (non-hydrogen) atoms. The van der Waals surface area contributed by atoms with Crippen LogP contribution in [0.5, 0.6) is 0 Å². The van der Waals surface area contributed by atoms with Crippen molar-refractivity contribution in [3.63, 3.8) is 0 Å². The Morgan fingerprint density at radius 1 is 1.50 bits per heavy atom. The van der Waals surface area contributed by atoms with Crippen LogP contribution in [0.1, 0.15) is 28.0 Å². The number of nitrogens with one attached hydrogen (secondary N) is 2. The fraction of sp³-hybridized carbons (Fsp3) is 0.308. The number of fused-ring (bicyclic) bond motifs is 1. The van der Waals surface area contributed by atoms with Gasteiger partial charge in [0.05, 0.1) is 10.6 Å². The molecule has 3 aromatic rings. The van der Waals surface area contributed by atoms with Gasteiger partial charge in [0.1, 0.15) is 4.83 Å². The first-order chi connectivity index (χ1) is 9.58. The topological polar surface area (TPSA) is 75.6 Å². The van der Waals surface area contributed by atoms with Crippen LogP contribution in [0.15, 0.2) is 12.1 Å². The third kappa shape index (κ3) is 2.09. The Morgan fingerprint density at radius 3 is 2.95 bits per heavy atom. The van der Waals surface area contributed by atoms with E-state index >= 15 is 0 Å². The summed E-state index contributed by atoms with van der Waals surface area (Å²) in [5, 5.41) is 15.1. The highest BCUT2D eigenvalue weighted by Gasteiger charge is 2.15. The van der Waals surface area contributed by atoms with E-state index in [0.29, 0.717) is 10.7 Å². The molecule has 1 amide bonds. The molecule has 0 saturated carbocycles. The Balaban J connectivity index is 1.86. The van der Waals surface area contributed by atoms with Gasteiger partial charge in [-0.05, 0) is 19.4 Å². The van der Waals surface area contributed by atoms with Crippen LogP contribution in [0.2, 0.25) is 0 Å². The van der Waals surface area contributed by atoms with Gasteiger partial charge in [-0.1, -0.05) is 6.92 Å². The van der Waals surface area contributed by atoms with Crippen LogP contribution < -0.4 is 5.32 Å². The predicted octanol–water partition coefficient (Wildman–Crippen LogP) is 2.48. The third-order valence-electron chi connectivity index (χ3n) is 3.17. The van der Waals surface area contributed by atoms with E-state index in [4.69, 9.17) is 0 Å². The fourth-order valence-corrected chi connectivity index (χ4v) is 3.12. The highest BCUT2D eigenvalue weighted by molar-refractivity contribution is 7.20. The van der Waals surface area contributed by atoms with E-state index in [-0.39, 0.29) is 5.91 Å². The minimum absolute atomic E-state index is 0.139. The van der Waals surface area contributed by atoms with Gasteiger partial charge in [-0.25, -0.2) is 0 Å². The molecule has 0 aliphatic carbocycles. The summed E-state index contributed by atoms with van der Waals surface area (Å²) in [6, 6.07) is 3.73. The van der Waals surface area contributed by atoms with Crippen LogP contribution in [-0.2, 0) is 13.5 Å². The van der Waals surface area contributed by atoms with Gasteiger partial charge in [0, 0.05) is 24.2 Å². The lowest BCUT2D eigenvalue weighted by atomic mass is 10.3. The van der Waals surface area contributed by atoms with Crippen LogP contribution in [-0.4, -0.2) is 25.9 Å². The first kappa shape index (κ1) is 12.9. The third-order valence-corrected chi connectivity index (χ3v) is 4.37. The molecule has 0 spiro atoms. The van der Waals surface area contributed by atoms with Crippen molar-refractivity contribution < 1.29 is 4.79 Å². The molecule has 0 atom stereocenters. The average Bonchev–Trinajstić information content (AvgIpc) is 3.08. The molecule has 3 aromatic heterocycles. The Kier molecular flexibility index (Phi) is 3.06. The summed E-state index contributed by atoms with van der Waals surface area (Å²) in [6.07, 6.45) is 0.858. The maximum atomic E-state index is 12.2. The van der Waals surface area contributed by atoms with Crippen molar-refractivity contribution in [1.82, 2.24) is 20.0 Å². The van der Waals surface area contributed by atoms with Gasteiger partial charge in [0.2, 0.25) is 0 Å². The van der Waals surface area contributed by atoms with Crippen molar-refractivity contribution in [3.05, 3.63) is 28.4 Å². The summed E-state index contributed by atoms with van der Waals surface area (Å²) >= 11 is 1.44. The number of amides is 1. The second-order valence-electron chi connectivity index (χ2n) is 4.62. The van der Waals surface area contributed by atoms with E-state index in [9.17, 15) is 4.79 Å². The minimum Gasteiger partial charge on any atom is -0.304 e. The number of carbonyl (C=O) groups is 1. The van der Waals surface area contributed by atoms with Gasteiger partial charge in [-0.15, -0.1) is 11.3 Å². The fourth-order valence-electron chi connectivity index (χ4n) is 2.10. The van der Waals surface area contributed by atoms with E-state index in [2.05, 4.69) is 20.6 Å². The van der Waals surface area contributed by atoms with Crippen molar-refractivity contribution in [1.29, 1.82) is 0 Å². The van der Waals surface area contributed by atoms with E-state index in [1.165, 1.54) is 11.3 Å². The quantitative estimate of drug-likeness (QED) is 0.777. The summed E-state index contributed by atoms with van der Waals surface area (Å²) in [6.45, 7) is 3.97. The van der Waals surface area contributed by atoms with Crippen LogP contribution in [0, 0.1) is 6.92 Å². The molecular formula is C13H15N5OS. The maximum absolute atomic E-state index is 12.2. The summed E-state index contributed by atoms with van der Waals surface area (Å²) < 4.78 is 1.80. The molecule has 0 radical (unpaired) electrons. The number of anilines is 1. The summed E-state index contributed by atoms with van der Waals surface area (Å²) in [5.41, 5.74) is 1.93. The average molecular weight is 289 g/mol. The molecule has 0 bridgehead atoms. The highest BCUT2D eigenvalue weighted by atomic mass is 32.1. The zero-order valence-electron chi connectivity index (χ0n) is 11.5. The van der Waals surface area contributed by atoms with Crippen LogP contribution in [0.25, 0.3) is 10.2 Å². The lowest BCUT2D eigenvalue weighted by Crippen LogP contribution is -2.10. The highest BCUT2D eigenvalue weighted by Crippen LogP contribution is 2.28. The van der Waals surface area contributed by atoms with Crippen molar-refractivity contribution in [2.45, 2.75) is 20.3 Å². The van der Waals surface area contributed by atoms with Crippen molar-refractivity contribution >= 4 is 33.3 Å². The Morgan fingerprint density at radius 2 is 2.30 bits per heavy atom. The molecule has 104 valence electrons. The normalized spacial score (nSPS) is 11.2. The van der Waals surface area contributed by atoms with E-state index in [1.807, 2.05) is 33.0 Å². The number of thiophene rings is 1. The van der Waals surface area contributed by atoms with Crippen LogP contribution >= 0.6 is 11.3 Å². The molecule has 0 aliphatic rings. The predicted molar refractivity (Wildman–Crippen MR) is 79.2 cm³/mol. The number of aryl methyl sites for hydroxylation is 3. The smallest absolute Gasteiger partial charge is 0.267 e. The second-order valence-corrected chi connectivity index (χ2v) is 5.66. The molecule has 3 heterocycles. The molecule has 3 rings (SSSR count). The number of aromatic nitrogens is 4. The van der Waals surface area contributed by atoms with Gasteiger partial charge >= 0.3 is 0 Å². The number of hydrogen-bond donors (Lipinski definition) is 2. The maximum Gasteiger partial charge on any atom is 0.267 e. The van der Waals surface area contributed by atoms with Gasteiger partial charge in [0.15, 0.2) is 5.82 Å². The van der Waals surface area contributed by atoms with E-state index < -0.39 is 0 Å². The minimum atomic E-state index is -0.139. The number of H-pyrrole nitrogens is 1. The summed E-state index contributed by atoms with van der Waals surface area (Å²) in [7, 11) is 1.88. The first-order valence-corrected chi connectivity index (χ1v) is 7.19. The Labute approximate surface area is 119 Å². The zero-order chi connectivity index (χ0) is 14.3. The number of hydrogen-bond acceptors (Lipinski definition) is 4. The molecule has 2 N–H and O–H groups in total. The molecule has 6 nitrogen and oxygen atoms in total. The lowest BCUT2D eigenvalue weighted by molar-refractivity contribution is 0.103. The molecule has 0 aliphatic heterocycles. The van der Waals surface area contributed by atoms with Gasteiger partial charge < -0.3 is 5.32 Å². The largest absolute Gasteiger partial charge is 0.304 e.